The zero-order valence-corrected chi connectivity index (χ0v) is 8.08. The van der Waals surface area contributed by atoms with Crippen molar-refractivity contribution in [1.82, 2.24) is 10.2 Å². The van der Waals surface area contributed by atoms with Crippen molar-refractivity contribution in [2.24, 2.45) is 0 Å². The van der Waals surface area contributed by atoms with Gasteiger partial charge in [0.1, 0.15) is 0 Å². The first-order valence-corrected chi connectivity index (χ1v) is 4.85. The Labute approximate surface area is 74.8 Å². The molecule has 2 atom stereocenters. The fourth-order valence-electron chi connectivity index (χ4n) is 1.89. The topological polar surface area (TPSA) is 35.5 Å². The Kier molecular flexibility index (Phi) is 3.98. The molecule has 0 saturated carbocycles. The van der Waals surface area contributed by atoms with E-state index in [4.69, 9.17) is 5.11 Å². The molecule has 0 radical (unpaired) electrons. The summed E-state index contributed by atoms with van der Waals surface area (Å²) in [6, 6.07) is 0.794. The number of piperazine rings is 1. The van der Waals surface area contributed by atoms with Gasteiger partial charge in [-0.25, -0.2) is 0 Å². The first-order chi connectivity index (χ1) is 5.76. The molecule has 0 aromatic carbocycles. The highest BCUT2D eigenvalue weighted by molar-refractivity contribution is 4.82. The monoisotopic (exact) mass is 172 g/mol. The van der Waals surface area contributed by atoms with Crippen molar-refractivity contribution in [2.45, 2.75) is 32.4 Å². The lowest BCUT2D eigenvalue weighted by Crippen LogP contribution is -2.56. The van der Waals surface area contributed by atoms with Gasteiger partial charge in [-0.3, -0.25) is 0 Å². The molecule has 1 aliphatic rings. The Morgan fingerprint density at radius 1 is 1.50 bits per heavy atom. The molecule has 12 heavy (non-hydrogen) atoms. The highest BCUT2D eigenvalue weighted by Crippen LogP contribution is 2.04. The second-order valence-corrected chi connectivity index (χ2v) is 3.71. The Bertz CT molecular complexity index is 130. The van der Waals surface area contributed by atoms with Gasteiger partial charge < -0.3 is 15.3 Å². The molecule has 1 heterocycles. The van der Waals surface area contributed by atoms with E-state index in [1.807, 2.05) is 0 Å². The van der Waals surface area contributed by atoms with Gasteiger partial charge in [-0.05, 0) is 19.9 Å². The van der Waals surface area contributed by atoms with Crippen LogP contribution in [0.15, 0.2) is 0 Å². The van der Waals surface area contributed by atoms with E-state index in [-0.39, 0.29) is 12.6 Å². The smallest absolute Gasteiger partial charge is 0.0597 e. The highest BCUT2D eigenvalue weighted by atomic mass is 16.3. The summed E-state index contributed by atoms with van der Waals surface area (Å²) in [5.74, 6) is 0. The molecule has 72 valence electrons. The van der Waals surface area contributed by atoms with Gasteiger partial charge in [-0.15, -0.1) is 0 Å². The van der Waals surface area contributed by atoms with Crippen molar-refractivity contribution >= 4 is 0 Å². The van der Waals surface area contributed by atoms with E-state index >= 15 is 0 Å². The van der Waals surface area contributed by atoms with Crippen LogP contribution in [0.4, 0.5) is 0 Å². The number of aliphatic hydroxyl groups is 1. The van der Waals surface area contributed by atoms with E-state index in [0.29, 0.717) is 6.04 Å². The molecule has 0 aliphatic carbocycles. The Hall–Kier alpha value is -0.120. The quantitative estimate of drug-likeness (QED) is 0.631. The second-order valence-electron chi connectivity index (χ2n) is 3.71. The first-order valence-electron chi connectivity index (χ1n) is 4.85. The van der Waals surface area contributed by atoms with Crippen molar-refractivity contribution in [1.29, 1.82) is 0 Å². The summed E-state index contributed by atoms with van der Waals surface area (Å²) in [5, 5.41) is 12.4. The predicted octanol–water partition coefficient (Wildman–Crippen LogP) is 0.0510. The number of nitrogens with zero attached hydrogens (tertiary/aromatic N) is 1. The molecule has 1 aliphatic heterocycles. The lowest BCUT2D eigenvalue weighted by Gasteiger charge is -2.36. The first kappa shape index (κ1) is 9.96. The molecule has 2 N–H and O–H groups in total. The van der Waals surface area contributed by atoms with Crippen molar-refractivity contribution < 1.29 is 5.11 Å². The van der Waals surface area contributed by atoms with Gasteiger partial charge in [0.25, 0.3) is 0 Å². The van der Waals surface area contributed by atoms with Crippen LogP contribution in [0.2, 0.25) is 0 Å². The summed E-state index contributed by atoms with van der Waals surface area (Å²) in [6.07, 6.45) is 1.20. The van der Waals surface area contributed by atoms with Crippen LogP contribution in [0.25, 0.3) is 0 Å². The standard InChI is InChI=1S/C9H20N2O/c1-3-4-11-5-8(2)10-9(6-11)7-12/h8-10,12H,3-7H2,1-2H3. The van der Waals surface area contributed by atoms with Gasteiger partial charge in [-0.2, -0.15) is 0 Å². The summed E-state index contributed by atoms with van der Waals surface area (Å²) in [4.78, 5) is 2.42. The predicted molar refractivity (Wildman–Crippen MR) is 50.2 cm³/mol. The Balaban J connectivity index is 2.34. The fraction of sp³-hybridized carbons (Fsp3) is 1.00. The van der Waals surface area contributed by atoms with Crippen LogP contribution in [0.1, 0.15) is 20.3 Å². The van der Waals surface area contributed by atoms with Crippen molar-refractivity contribution in [3.63, 3.8) is 0 Å². The normalized spacial score (nSPS) is 32.2. The minimum atomic E-state index is 0.255. The van der Waals surface area contributed by atoms with E-state index < -0.39 is 0 Å². The van der Waals surface area contributed by atoms with E-state index in [1.165, 1.54) is 6.42 Å². The Morgan fingerprint density at radius 2 is 2.25 bits per heavy atom. The molecular formula is C9H20N2O. The number of hydrogen-bond acceptors (Lipinski definition) is 3. The van der Waals surface area contributed by atoms with E-state index in [0.717, 1.165) is 19.6 Å². The van der Waals surface area contributed by atoms with Crippen LogP contribution in [0, 0.1) is 0 Å². The molecular weight excluding hydrogens is 152 g/mol. The average molecular weight is 172 g/mol. The summed E-state index contributed by atoms with van der Waals surface area (Å²) < 4.78 is 0. The molecule has 0 aromatic heterocycles. The van der Waals surface area contributed by atoms with Crippen molar-refractivity contribution in [3.8, 4) is 0 Å². The maximum Gasteiger partial charge on any atom is 0.0597 e. The largest absolute Gasteiger partial charge is 0.395 e. The lowest BCUT2D eigenvalue weighted by atomic mass is 10.1. The Morgan fingerprint density at radius 3 is 2.83 bits per heavy atom. The van der Waals surface area contributed by atoms with Crippen LogP contribution < -0.4 is 5.32 Å². The summed E-state index contributed by atoms with van der Waals surface area (Å²) in [6.45, 7) is 7.89. The lowest BCUT2D eigenvalue weighted by molar-refractivity contribution is 0.124. The maximum atomic E-state index is 9.01. The highest BCUT2D eigenvalue weighted by Gasteiger charge is 2.22. The molecule has 3 nitrogen and oxygen atoms in total. The second kappa shape index (κ2) is 4.80. The van der Waals surface area contributed by atoms with Crippen LogP contribution in [-0.4, -0.2) is 48.3 Å². The SMILES string of the molecule is CCCN1CC(C)NC(CO)C1. The summed E-state index contributed by atoms with van der Waals surface area (Å²) in [5.41, 5.74) is 0. The summed E-state index contributed by atoms with van der Waals surface area (Å²) in [7, 11) is 0. The molecule has 0 amide bonds. The van der Waals surface area contributed by atoms with Gasteiger partial charge in [0.15, 0.2) is 0 Å². The van der Waals surface area contributed by atoms with E-state index in [2.05, 4.69) is 24.1 Å². The number of aliphatic hydroxyl groups excluding tert-OH is 1. The molecule has 1 rings (SSSR count). The molecule has 1 fully saturated rings. The van der Waals surface area contributed by atoms with Crippen LogP contribution in [0.3, 0.4) is 0 Å². The average Bonchev–Trinajstić information content (AvgIpc) is 2.04. The third-order valence-electron chi connectivity index (χ3n) is 2.29. The summed E-state index contributed by atoms with van der Waals surface area (Å²) >= 11 is 0. The van der Waals surface area contributed by atoms with E-state index in [9.17, 15) is 0 Å². The zero-order chi connectivity index (χ0) is 8.97. The van der Waals surface area contributed by atoms with Crippen molar-refractivity contribution in [2.75, 3.05) is 26.2 Å². The molecule has 0 aromatic rings. The van der Waals surface area contributed by atoms with Gasteiger partial charge in [-0.1, -0.05) is 6.92 Å². The van der Waals surface area contributed by atoms with E-state index in [1.54, 1.807) is 0 Å². The van der Waals surface area contributed by atoms with Crippen LogP contribution in [0.5, 0.6) is 0 Å². The third kappa shape index (κ3) is 2.73. The maximum absolute atomic E-state index is 9.01. The molecule has 2 unspecified atom stereocenters. The van der Waals surface area contributed by atoms with Crippen LogP contribution >= 0.6 is 0 Å². The third-order valence-corrected chi connectivity index (χ3v) is 2.29. The van der Waals surface area contributed by atoms with Gasteiger partial charge in [0.05, 0.1) is 6.61 Å². The number of nitrogens with one attached hydrogen (secondary N) is 1. The molecule has 3 heteroatoms. The minimum Gasteiger partial charge on any atom is -0.395 e. The number of rotatable bonds is 3. The fourth-order valence-corrected chi connectivity index (χ4v) is 1.89. The van der Waals surface area contributed by atoms with Crippen LogP contribution in [-0.2, 0) is 0 Å². The van der Waals surface area contributed by atoms with Gasteiger partial charge >= 0.3 is 0 Å². The van der Waals surface area contributed by atoms with Gasteiger partial charge in [0.2, 0.25) is 0 Å². The van der Waals surface area contributed by atoms with Crippen molar-refractivity contribution in [3.05, 3.63) is 0 Å². The zero-order valence-electron chi connectivity index (χ0n) is 8.08. The van der Waals surface area contributed by atoms with Gasteiger partial charge in [0, 0.05) is 25.2 Å². The molecule has 0 bridgehead atoms. The molecule has 0 spiro atoms. The minimum absolute atomic E-state index is 0.255. The number of hydrogen-bond donors (Lipinski definition) is 2. The molecule has 1 saturated heterocycles.